The van der Waals surface area contributed by atoms with Gasteiger partial charge in [0.2, 0.25) is 0 Å². The molecule has 1 nitrogen and oxygen atoms in total. The van der Waals surface area contributed by atoms with E-state index in [1.54, 1.807) is 0 Å². The molecule has 0 heterocycles. The standard InChI is InChI=1S/C16H33NS/c1-4-11-17-16(13-18-12-5-2)15-10-8-7-9-14(15)6-3/h14-17H,4-13H2,1-3H3. The van der Waals surface area contributed by atoms with E-state index in [2.05, 4.69) is 37.8 Å². The predicted octanol–water partition coefficient (Wildman–Crippen LogP) is 4.71. The first-order valence-corrected chi connectivity index (χ1v) is 9.30. The molecule has 1 aliphatic carbocycles. The third-order valence-electron chi connectivity index (χ3n) is 4.31. The summed E-state index contributed by atoms with van der Waals surface area (Å²) in [5.41, 5.74) is 0. The Labute approximate surface area is 119 Å². The summed E-state index contributed by atoms with van der Waals surface area (Å²) in [7, 11) is 0. The minimum Gasteiger partial charge on any atom is -0.313 e. The van der Waals surface area contributed by atoms with E-state index in [9.17, 15) is 0 Å². The average Bonchev–Trinajstić information content (AvgIpc) is 2.42. The second kappa shape index (κ2) is 10.1. The highest BCUT2D eigenvalue weighted by molar-refractivity contribution is 7.99. The van der Waals surface area contributed by atoms with Gasteiger partial charge in [-0.3, -0.25) is 0 Å². The van der Waals surface area contributed by atoms with Gasteiger partial charge < -0.3 is 5.32 Å². The Kier molecular flexibility index (Phi) is 9.22. The van der Waals surface area contributed by atoms with E-state index >= 15 is 0 Å². The van der Waals surface area contributed by atoms with Crippen molar-refractivity contribution in [2.24, 2.45) is 11.8 Å². The van der Waals surface area contributed by atoms with Crippen LogP contribution in [0.3, 0.4) is 0 Å². The summed E-state index contributed by atoms with van der Waals surface area (Å²) in [6, 6.07) is 0.770. The van der Waals surface area contributed by atoms with Crippen LogP contribution >= 0.6 is 11.8 Å². The molecule has 1 rings (SSSR count). The lowest BCUT2D eigenvalue weighted by Gasteiger charge is -2.37. The van der Waals surface area contributed by atoms with Crippen LogP contribution in [0.15, 0.2) is 0 Å². The van der Waals surface area contributed by atoms with E-state index in [4.69, 9.17) is 0 Å². The van der Waals surface area contributed by atoms with E-state index in [1.165, 1.54) is 63.0 Å². The van der Waals surface area contributed by atoms with Gasteiger partial charge in [-0.2, -0.15) is 11.8 Å². The molecule has 2 heteroatoms. The highest BCUT2D eigenvalue weighted by atomic mass is 32.2. The Hall–Kier alpha value is 0.310. The second-order valence-electron chi connectivity index (χ2n) is 5.75. The highest BCUT2D eigenvalue weighted by Crippen LogP contribution is 2.35. The Balaban J connectivity index is 2.48. The maximum absolute atomic E-state index is 3.84. The molecule has 0 saturated heterocycles. The molecule has 0 amide bonds. The van der Waals surface area contributed by atoms with Crippen LogP contribution in [0.5, 0.6) is 0 Å². The van der Waals surface area contributed by atoms with E-state index in [0.717, 1.165) is 17.9 Å². The first-order valence-electron chi connectivity index (χ1n) is 8.14. The minimum absolute atomic E-state index is 0.770. The van der Waals surface area contributed by atoms with Gasteiger partial charge in [0.05, 0.1) is 0 Å². The van der Waals surface area contributed by atoms with Crippen LogP contribution in [0.2, 0.25) is 0 Å². The van der Waals surface area contributed by atoms with Crippen molar-refractivity contribution in [1.82, 2.24) is 5.32 Å². The van der Waals surface area contributed by atoms with E-state index in [1.807, 2.05) is 0 Å². The summed E-state index contributed by atoms with van der Waals surface area (Å²) >= 11 is 2.16. The highest BCUT2D eigenvalue weighted by Gasteiger charge is 2.30. The van der Waals surface area contributed by atoms with Crippen molar-refractivity contribution in [2.75, 3.05) is 18.1 Å². The molecule has 1 N–H and O–H groups in total. The van der Waals surface area contributed by atoms with Crippen LogP contribution in [-0.4, -0.2) is 24.1 Å². The van der Waals surface area contributed by atoms with Crippen LogP contribution in [0.25, 0.3) is 0 Å². The predicted molar refractivity (Wildman–Crippen MR) is 85.4 cm³/mol. The molecule has 1 fully saturated rings. The zero-order valence-electron chi connectivity index (χ0n) is 12.7. The molecule has 0 aliphatic heterocycles. The Bertz CT molecular complexity index is 196. The molecule has 1 saturated carbocycles. The van der Waals surface area contributed by atoms with Gasteiger partial charge in [-0.15, -0.1) is 0 Å². The molecule has 18 heavy (non-hydrogen) atoms. The molecule has 0 aromatic rings. The van der Waals surface area contributed by atoms with Gasteiger partial charge in [0.25, 0.3) is 0 Å². The summed E-state index contributed by atoms with van der Waals surface area (Å²) in [6.07, 6.45) is 9.83. The molecule has 0 aromatic heterocycles. The fourth-order valence-corrected chi connectivity index (χ4v) is 4.37. The van der Waals surface area contributed by atoms with E-state index in [0.29, 0.717) is 0 Å². The van der Waals surface area contributed by atoms with Crippen molar-refractivity contribution in [2.45, 2.75) is 71.8 Å². The molecule has 1 aliphatic rings. The first kappa shape index (κ1) is 16.4. The van der Waals surface area contributed by atoms with Crippen LogP contribution in [0.4, 0.5) is 0 Å². The van der Waals surface area contributed by atoms with Gasteiger partial charge in [0, 0.05) is 11.8 Å². The van der Waals surface area contributed by atoms with Gasteiger partial charge in [0.1, 0.15) is 0 Å². The van der Waals surface area contributed by atoms with Gasteiger partial charge in [-0.25, -0.2) is 0 Å². The third-order valence-corrected chi connectivity index (χ3v) is 5.60. The Morgan fingerprint density at radius 1 is 1.11 bits per heavy atom. The van der Waals surface area contributed by atoms with Crippen molar-refractivity contribution in [1.29, 1.82) is 0 Å². The molecule has 3 atom stereocenters. The Morgan fingerprint density at radius 2 is 1.89 bits per heavy atom. The maximum Gasteiger partial charge on any atom is 0.0189 e. The second-order valence-corrected chi connectivity index (χ2v) is 6.90. The smallest absolute Gasteiger partial charge is 0.0189 e. The number of hydrogen-bond donors (Lipinski definition) is 1. The molecule has 108 valence electrons. The fourth-order valence-electron chi connectivity index (χ4n) is 3.29. The van der Waals surface area contributed by atoms with Crippen molar-refractivity contribution in [3.05, 3.63) is 0 Å². The molecule has 3 unspecified atom stereocenters. The summed E-state index contributed by atoms with van der Waals surface area (Å²) in [6.45, 7) is 8.15. The van der Waals surface area contributed by atoms with Gasteiger partial charge >= 0.3 is 0 Å². The third kappa shape index (κ3) is 5.52. The lowest BCUT2D eigenvalue weighted by atomic mass is 9.74. The van der Waals surface area contributed by atoms with E-state index < -0.39 is 0 Å². The largest absolute Gasteiger partial charge is 0.313 e. The molecule has 0 bridgehead atoms. The monoisotopic (exact) mass is 271 g/mol. The van der Waals surface area contributed by atoms with Crippen molar-refractivity contribution >= 4 is 11.8 Å². The van der Waals surface area contributed by atoms with Crippen molar-refractivity contribution in [3.63, 3.8) is 0 Å². The van der Waals surface area contributed by atoms with Crippen LogP contribution in [0, 0.1) is 11.8 Å². The van der Waals surface area contributed by atoms with Gasteiger partial charge in [0.15, 0.2) is 0 Å². The SMILES string of the molecule is CCCNC(CSCCC)C1CCCCC1CC. The topological polar surface area (TPSA) is 12.0 Å². The van der Waals surface area contributed by atoms with Crippen LogP contribution < -0.4 is 5.32 Å². The van der Waals surface area contributed by atoms with Gasteiger partial charge in [-0.1, -0.05) is 46.5 Å². The maximum atomic E-state index is 3.84. The van der Waals surface area contributed by atoms with Crippen LogP contribution in [-0.2, 0) is 0 Å². The summed E-state index contributed by atoms with van der Waals surface area (Å²) < 4.78 is 0. The van der Waals surface area contributed by atoms with Crippen LogP contribution in [0.1, 0.15) is 65.7 Å². The van der Waals surface area contributed by atoms with Crippen molar-refractivity contribution < 1.29 is 0 Å². The molecular weight excluding hydrogens is 238 g/mol. The van der Waals surface area contributed by atoms with Crippen molar-refractivity contribution in [3.8, 4) is 0 Å². The number of rotatable bonds is 9. The number of hydrogen-bond acceptors (Lipinski definition) is 2. The molecular formula is C16H33NS. The quantitative estimate of drug-likeness (QED) is 0.609. The normalized spacial score (nSPS) is 26.2. The first-order chi connectivity index (χ1) is 8.83. The lowest BCUT2D eigenvalue weighted by molar-refractivity contribution is 0.185. The number of nitrogens with one attached hydrogen (secondary N) is 1. The summed E-state index contributed by atoms with van der Waals surface area (Å²) in [5.74, 6) is 4.58. The van der Waals surface area contributed by atoms with Gasteiger partial charge in [-0.05, 0) is 43.4 Å². The lowest BCUT2D eigenvalue weighted by Crippen LogP contribution is -2.43. The summed E-state index contributed by atoms with van der Waals surface area (Å²) in [5, 5.41) is 3.84. The number of thioether (sulfide) groups is 1. The summed E-state index contributed by atoms with van der Waals surface area (Å²) in [4.78, 5) is 0. The zero-order chi connectivity index (χ0) is 13.2. The van der Waals surface area contributed by atoms with E-state index in [-0.39, 0.29) is 0 Å². The average molecular weight is 272 g/mol. The molecule has 0 aromatic carbocycles. The molecule has 0 spiro atoms. The zero-order valence-corrected chi connectivity index (χ0v) is 13.5. The Morgan fingerprint density at radius 3 is 2.56 bits per heavy atom. The molecule has 0 radical (unpaired) electrons. The fraction of sp³-hybridized carbons (Fsp3) is 1.00. The minimum atomic E-state index is 0.770.